The quantitative estimate of drug-likeness (QED) is 0.600. The summed E-state index contributed by atoms with van der Waals surface area (Å²) in [5.74, 6) is 0.980. The highest BCUT2D eigenvalue weighted by atomic mass is 16.5. The van der Waals surface area contributed by atoms with Gasteiger partial charge >= 0.3 is 0 Å². The standard InChI is InChI=1S/C24H28N2O2/c1-3-18(2)28-23-13-9-12-21-20(23)16-22(24(27)25-14-7-8-15-25)26(21)17-19-10-5-4-6-11-19/h4-6,9-13,16,18H,3,7-8,14-15,17H2,1-2H3/t18-/m1/s1. The van der Waals surface area contributed by atoms with Gasteiger partial charge in [-0.05, 0) is 49.9 Å². The first-order valence-electron chi connectivity index (χ1n) is 10.3. The van der Waals surface area contributed by atoms with E-state index >= 15 is 0 Å². The first-order chi connectivity index (χ1) is 13.7. The van der Waals surface area contributed by atoms with Gasteiger partial charge in [0.2, 0.25) is 0 Å². The summed E-state index contributed by atoms with van der Waals surface area (Å²) >= 11 is 0. The number of carbonyl (C=O) groups is 1. The number of carbonyl (C=O) groups excluding carboxylic acids is 1. The first kappa shape index (κ1) is 18.6. The van der Waals surface area contributed by atoms with Crippen molar-refractivity contribution < 1.29 is 9.53 Å². The van der Waals surface area contributed by atoms with E-state index in [1.54, 1.807) is 0 Å². The van der Waals surface area contributed by atoms with E-state index in [1.165, 1.54) is 5.56 Å². The monoisotopic (exact) mass is 376 g/mol. The molecule has 3 aromatic rings. The lowest BCUT2D eigenvalue weighted by Gasteiger charge is -2.17. The van der Waals surface area contributed by atoms with E-state index in [2.05, 4.69) is 36.6 Å². The summed E-state index contributed by atoms with van der Waals surface area (Å²) in [6.45, 7) is 6.57. The van der Waals surface area contributed by atoms with E-state index in [4.69, 9.17) is 4.74 Å². The fraction of sp³-hybridized carbons (Fsp3) is 0.375. The molecule has 28 heavy (non-hydrogen) atoms. The maximum Gasteiger partial charge on any atom is 0.270 e. The van der Waals surface area contributed by atoms with Crippen LogP contribution in [0, 0.1) is 0 Å². The van der Waals surface area contributed by atoms with Crippen LogP contribution < -0.4 is 4.74 Å². The molecule has 0 saturated carbocycles. The lowest BCUT2D eigenvalue weighted by molar-refractivity contribution is 0.0783. The minimum Gasteiger partial charge on any atom is -0.490 e. The molecule has 0 spiro atoms. The average molecular weight is 377 g/mol. The summed E-state index contributed by atoms with van der Waals surface area (Å²) in [6, 6.07) is 18.5. The Hall–Kier alpha value is -2.75. The largest absolute Gasteiger partial charge is 0.490 e. The molecule has 1 aliphatic rings. The average Bonchev–Trinajstić information content (AvgIpc) is 3.38. The zero-order chi connectivity index (χ0) is 19.5. The molecule has 4 heteroatoms. The summed E-state index contributed by atoms with van der Waals surface area (Å²) < 4.78 is 8.31. The van der Waals surface area contributed by atoms with Crippen LogP contribution in [0.3, 0.4) is 0 Å². The normalized spacial score (nSPS) is 15.1. The fourth-order valence-corrected chi connectivity index (χ4v) is 3.86. The maximum absolute atomic E-state index is 13.3. The molecule has 0 radical (unpaired) electrons. The topological polar surface area (TPSA) is 34.5 Å². The Kier molecular flexibility index (Phi) is 5.38. The van der Waals surface area contributed by atoms with E-state index in [9.17, 15) is 4.79 Å². The number of fused-ring (bicyclic) bond motifs is 1. The van der Waals surface area contributed by atoms with Gasteiger partial charge in [-0.2, -0.15) is 0 Å². The van der Waals surface area contributed by atoms with Crippen LogP contribution in [0.1, 0.15) is 49.2 Å². The molecule has 0 unspecified atom stereocenters. The van der Waals surface area contributed by atoms with Gasteiger partial charge < -0.3 is 14.2 Å². The van der Waals surface area contributed by atoms with E-state index in [-0.39, 0.29) is 12.0 Å². The summed E-state index contributed by atoms with van der Waals surface area (Å²) in [6.07, 6.45) is 3.27. The van der Waals surface area contributed by atoms with Crippen LogP contribution in [-0.2, 0) is 6.54 Å². The highest BCUT2D eigenvalue weighted by molar-refractivity contribution is 6.00. The number of benzene rings is 2. The Bertz CT molecular complexity index is 955. The van der Waals surface area contributed by atoms with Crippen molar-refractivity contribution in [3.05, 3.63) is 65.9 Å². The second kappa shape index (κ2) is 8.09. The van der Waals surface area contributed by atoms with Crippen molar-refractivity contribution in [2.45, 2.75) is 45.8 Å². The highest BCUT2D eigenvalue weighted by Gasteiger charge is 2.25. The predicted octanol–water partition coefficient (Wildman–Crippen LogP) is 5.10. The molecule has 1 fully saturated rings. The SMILES string of the molecule is CC[C@@H](C)Oc1cccc2c1cc(C(=O)N1CCCC1)n2Cc1ccccc1. The zero-order valence-corrected chi connectivity index (χ0v) is 16.7. The van der Waals surface area contributed by atoms with Crippen LogP contribution in [0.5, 0.6) is 5.75 Å². The van der Waals surface area contributed by atoms with Crippen LogP contribution in [0.25, 0.3) is 10.9 Å². The molecule has 2 heterocycles. The predicted molar refractivity (Wildman–Crippen MR) is 113 cm³/mol. The van der Waals surface area contributed by atoms with Crippen molar-refractivity contribution in [2.24, 2.45) is 0 Å². The Morgan fingerprint density at radius 1 is 1.07 bits per heavy atom. The number of aromatic nitrogens is 1. The molecule has 1 atom stereocenters. The van der Waals surface area contributed by atoms with Crippen LogP contribution in [0.15, 0.2) is 54.6 Å². The van der Waals surface area contributed by atoms with E-state index < -0.39 is 0 Å². The Morgan fingerprint density at radius 2 is 1.82 bits per heavy atom. The van der Waals surface area contributed by atoms with Crippen molar-refractivity contribution in [1.82, 2.24) is 9.47 Å². The van der Waals surface area contributed by atoms with Crippen LogP contribution in [0.2, 0.25) is 0 Å². The number of ether oxygens (including phenoxy) is 1. The second-order valence-electron chi connectivity index (χ2n) is 7.63. The lowest BCUT2D eigenvalue weighted by atomic mass is 10.2. The number of nitrogens with zero attached hydrogens (tertiary/aromatic N) is 2. The fourth-order valence-electron chi connectivity index (χ4n) is 3.86. The molecule has 1 amide bonds. The number of likely N-dealkylation sites (tertiary alicyclic amines) is 1. The molecule has 0 bridgehead atoms. The van der Waals surface area contributed by atoms with Crippen molar-refractivity contribution >= 4 is 16.8 Å². The number of amides is 1. The summed E-state index contributed by atoms with van der Waals surface area (Å²) in [7, 11) is 0. The minimum atomic E-state index is 0.124. The van der Waals surface area contributed by atoms with Gasteiger partial charge in [-0.1, -0.05) is 43.3 Å². The number of rotatable bonds is 6. The van der Waals surface area contributed by atoms with Gasteiger partial charge in [0.05, 0.1) is 11.6 Å². The maximum atomic E-state index is 13.3. The third-order valence-corrected chi connectivity index (χ3v) is 5.60. The molecule has 1 saturated heterocycles. The summed E-state index contributed by atoms with van der Waals surface area (Å²) in [5.41, 5.74) is 2.98. The summed E-state index contributed by atoms with van der Waals surface area (Å²) in [4.78, 5) is 15.3. The van der Waals surface area contributed by atoms with Crippen molar-refractivity contribution in [2.75, 3.05) is 13.1 Å². The van der Waals surface area contributed by atoms with Gasteiger partial charge in [-0.15, -0.1) is 0 Å². The molecule has 0 N–H and O–H groups in total. The van der Waals surface area contributed by atoms with Gasteiger partial charge in [0.1, 0.15) is 11.4 Å². The molecule has 4 rings (SSSR count). The molecular formula is C24H28N2O2. The van der Waals surface area contributed by atoms with Gasteiger partial charge in [0.25, 0.3) is 5.91 Å². The minimum absolute atomic E-state index is 0.124. The molecule has 1 aliphatic heterocycles. The van der Waals surface area contributed by atoms with Crippen LogP contribution in [0.4, 0.5) is 0 Å². The Morgan fingerprint density at radius 3 is 2.54 bits per heavy atom. The van der Waals surface area contributed by atoms with E-state index in [0.29, 0.717) is 6.54 Å². The van der Waals surface area contributed by atoms with Crippen LogP contribution >= 0.6 is 0 Å². The Labute approximate surface area is 166 Å². The van der Waals surface area contributed by atoms with Crippen LogP contribution in [-0.4, -0.2) is 34.6 Å². The first-order valence-corrected chi connectivity index (χ1v) is 10.3. The van der Waals surface area contributed by atoms with Gasteiger partial charge in [-0.25, -0.2) is 0 Å². The molecule has 146 valence electrons. The molecular weight excluding hydrogens is 348 g/mol. The molecule has 4 nitrogen and oxygen atoms in total. The smallest absolute Gasteiger partial charge is 0.270 e. The lowest BCUT2D eigenvalue weighted by Crippen LogP contribution is -2.29. The Balaban J connectivity index is 1.81. The highest BCUT2D eigenvalue weighted by Crippen LogP contribution is 2.31. The van der Waals surface area contributed by atoms with Gasteiger partial charge in [0.15, 0.2) is 0 Å². The number of hydrogen-bond donors (Lipinski definition) is 0. The molecule has 0 aliphatic carbocycles. The van der Waals surface area contributed by atoms with E-state index in [0.717, 1.165) is 54.7 Å². The van der Waals surface area contributed by atoms with Gasteiger partial charge in [-0.3, -0.25) is 4.79 Å². The second-order valence-corrected chi connectivity index (χ2v) is 7.63. The van der Waals surface area contributed by atoms with Gasteiger partial charge in [0, 0.05) is 25.0 Å². The van der Waals surface area contributed by atoms with E-state index in [1.807, 2.05) is 41.3 Å². The molecule has 1 aromatic heterocycles. The van der Waals surface area contributed by atoms with Crippen molar-refractivity contribution in [1.29, 1.82) is 0 Å². The number of hydrogen-bond acceptors (Lipinski definition) is 2. The third-order valence-electron chi connectivity index (χ3n) is 5.60. The van der Waals surface area contributed by atoms with Crippen molar-refractivity contribution in [3.8, 4) is 5.75 Å². The van der Waals surface area contributed by atoms with Crippen molar-refractivity contribution in [3.63, 3.8) is 0 Å². The zero-order valence-electron chi connectivity index (χ0n) is 16.7. The third kappa shape index (κ3) is 3.64. The molecule has 2 aromatic carbocycles. The summed E-state index contributed by atoms with van der Waals surface area (Å²) in [5, 5.41) is 1.02.